The second-order valence-electron chi connectivity index (χ2n) is 7.30. The van der Waals surface area contributed by atoms with Crippen LogP contribution in [0.3, 0.4) is 0 Å². The van der Waals surface area contributed by atoms with Gasteiger partial charge in [0.2, 0.25) is 11.8 Å². The van der Waals surface area contributed by atoms with E-state index in [0.717, 1.165) is 11.3 Å². The van der Waals surface area contributed by atoms with Crippen molar-refractivity contribution in [3.05, 3.63) is 59.1 Å². The van der Waals surface area contributed by atoms with Crippen LogP contribution in [0, 0.1) is 6.92 Å². The van der Waals surface area contributed by atoms with E-state index in [2.05, 4.69) is 20.9 Å². The van der Waals surface area contributed by atoms with Crippen LogP contribution in [0.25, 0.3) is 0 Å². The molecule has 9 heteroatoms. The van der Waals surface area contributed by atoms with E-state index in [9.17, 15) is 14.4 Å². The van der Waals surface area contributed by atoms with Crippen molar-refractivity contribution in [3.8, 4) is 0 Å². The molecule has 164 valence electrons. The van der Waals surface area contributed by atoms with Crippen LogP contribution in [0.5, 0.6) is 0 Å². The van der Waals surface area contributed by atoms with Crippen molar-refractivity contribution in [2.45, 2.75) is 6.92 Å². The molecular weight excluding hydrogens is 418 g/mol. The molecule has 0 spiro atoms. The molecule has 0 unspecified atom stereocenters. The molecule has 2 aromatic carbocycles. The predicted molar refractivity (Wildman–Crippen MR) is 121 cm³/mol. The molecule has 1 aliphatic rings. The number of hydrogen-bond acceptors (Lipinski definition) is 4. The maximum atomic E-state index is 12.4. The van der Waals surface area contributed by atoms with Crippen LogP contribution in [0.4, 0.5) is 16.2 Å². The highest BCUT2D eigenvalue weighted by molar-refractivity contribution is 6.30. The van der Waals surface area contributed by atoms with E-state index in [1.807, 2.05) is 49.4 Å². The number of rotatable bonds is 6. The molecule has 3 N–H and O–H groups in total. The van der Waals surface area contributed by atoms with E-state index in [0.29, 0.717) is 36.9 Å². The summed E-state index contributed by atoms with van der Waals surface area (Å²) in [5, 5.41) is 8.37. The molecule has 0 atom stereocenters. The standard InChI is InChI=1S/C22H26ClN5O3/c1-16-4-2-6-18(12-16)26-22(31)25-14-20(29)24-15-21(30)28-10-8-27(9-11-28)19-7-3-5-17(23)13-19/h2-7,12-13H,8-11,14-15H2,1H3,(H,24,29)(H2,25,26,31). The predicted octanol–water partition coefficient (Wildman–Crippen LogP) is 2.23. The zero-order valence-corrected chi connectivity index (χ0v) is 18.1. The maximum Gasteiger partial charge on any atom is 0.319 e. The number of nitrogens with one attached hydrogen (secondary N) is 3. The first-order chi connectivity index (χ1) is 14.9. The molecule has 1 fully saturated rings. The van der Waals surface area contributed by atoms with E-state index >= 15 is 0 Å². The normalized spacial score (nSPS) is 13.5. The molecule has 1 heterocycles. The van der Waals surface area contributed by atoms with E-state index < -0.39 is 11.9 Å². The Bertz CT molecular complexity index is 944. The van der Waals surface area contributed by atoms with Gasteiger partial charge in [-0.25, -0.2) is 4.79 Å². The number of nitrogens with zero attached hydrogens (tertiary/aromatic N) is 2. The highest BCUT2D eigenvalue weighted by Crippen LogP contribution is 2.20. The second kappa shape index (κ2) is 10.7. The number of carbonyl (C=O) groups is 3. The zero-order chi connectivity index (χ0) is 22.2. The van der Waals surface area contributed by atoms with Crippen LogP contribution < -0.4 is 20.9 Å². The summed E-state index contributed by atoms with van der Waals surface area (Å²) in [4.78, 5) is 40.1. The minimum Gasteiger partial charge on any atom is -0.368 e. The Morgan fingerprint density at radius 2 is 1.68 bits per heavy atom. The van der Waals surface area contributed by atoms with Crippen molar-refractivity contribution in [2.75, 3.05) is 49.5 Å². The van der Waals surface area contributed by atoms with Crippen molar-refractivity contribution < 1.29 is 14.4 Å². The van der Waals surface area contributed by atoms with Gasteiger partial charge < -0.3 is 25.8 Å². The molecule has 0 bridgehead atoms. The highest BCUT2D eigenvalue weighted by atomic mass is 35.5. The van der Waals surface area contributed by atoms with Gasteiger partial charge in [-0.15, -0.1) is 0 Å². The molecule has 2 aromatic rings. The van der Waals surface area contributed by atoms with Gasteiger partial charge in [-0.2, -0.15) is 0 Å². The fourth-order valence-electron chi connectivity index (χ4n) is 3.29. The Hall–Kier alpha value is -3.26. The van der Waals surface area contributed by atoms with Crippen molar-refractivity contribution in [1.29, 1.82) is 0 Å². The van der Waals surface area contributed by atoms with Crippen LogP contribution >= 0.6 is 11.6 Å². The van der Waals surface area contributed by atoms with Crippen LogP contribution in [0.15, 0.2) is 48.5 Å². The smallest absolute Gasteiger partial charge is 0.319 e. The lowest BCUT2D eigenvalue weighted by Gasteiger charge is -2.36. The van der Waals surface area contributed by atoms with Crippen LogP contribution in [-0.2, 0) is 9.59 Å². The minimum atomic E-state index is -0.482. The van der Waals surface area contributed by atoms with Crippen molar-refractivity contribution in [3.63, 3.8) is 0 Å². The van der Waals surface area contributed by atoms with Crippen LogP contribution in [0.1, 0.15) is 5.56 Å². The van der Waals surface area contributed by atoms with E-state index in [-0.39, 0.29) is 19.0 Å². The summed E-state index contributed by atoms with van der Waals surface area (Å²) in [5.74, 6) is -0.575. The Morgan fingerprint density at radius 1 is 0.935 bits per heavy atom. The van der Waals surface area contributed by atoms with Crippen LogP contribution in [0.2, 0.25) is 5.02 Å². The van der Waals surface area contributed by atoms with Gasteiger partial charge in [0, 0.05) is 42.6 Å². The number of hydrogen-bond donors (Lipinski definition) is 3. The quantitative estimate of drug-likeness (QED) is 0.638. The summed E-state index contributed by atoms with van der Waals surface area (Å²) in [6.45, 7) is 4.13. The molecule has 0 aromatic heterocycles. The summed E-state index contributed by atoms with van der Waals surface area (Å²) in [7, 11) is 0. The summed E-state index contributed by atoms with van der Waals surface area (Å²) in [6, 6.07) is 14.5. The first-order valence-electron chi connectivity index (χ1n) is 10.1. The molecule has 3 rings (SSSR count). The van der Waals surface area contributed by atoms with Gasteiger partial charge in [0.25, 0.3) is 0 Å². The van der Waals surface area contributed by atoms with Gasteiger partial charge in [-0.3, -0.25) is 9.59 Å². The van der Waals surface area contributed by atoms with Gasteiger partial charge in [-0.05, 0) is 42.8 Å². The number of carbonyl (C=O) groups excluding carboxylic acids is 3. The van der Waals surface area contributed by atoms with Gasteiger partial charge in [-0.1, -0.05) is 29.8 Å². The molecule has 4 amide bonds. The lowest BCUT2D eigenvalue weighted by molar-refractivity contribution is -0.132. The summed E-state index contributed by atoms with van der Waals surface area (Å²) in [5.41, 5.74) is 2.69. The molecule has 31 heavy (non-hydrogen) atoms. The third-order valence-electron chi connectivity index (χ3n) is 4.93. The first-order valence-corrected chi connectivity index (χ1v) is 10.4. The van der Waals surface area contributed by atoms with E-state index in [4.69, 9.17) is 11.6 Å². The SMILES string of the molecule is Cc1cccc(NC(=O)NCC(=O)NCC(=O)N2CCN(c3cccc(Cl)c3)CC2)c1. The van der Waals surface area contributed by atoms with Crippen LogP contribution in [-0.4, -0.2) is 62.0 Å². The van der Waals surface area contributed by atoms with Gasteiger partial charge in [0.1, 0.15) is 0 Å². The zero-order valence-electron chi connectivity index (χ0n) is 17.4. The molecule has 0 radical (unpaired) electrons. The topological polar surface area (TPSA) is 93.8 Å². The number of amides is 4. The largest absolute Gasteiger partial charge is 0.368 e. The Balaban J connectivity index is 1.35. The van der Waals surface area contributed by atoms with Gasteiger partial charge in [0.15, 0.2) is 0 Å². The molecule has 1 aliphatic heterocycles. The summed E-state index contributed by atoms with van der Waals surface area (Å²) in [6.07, 6.45) is 0. The number of aryl methyl sites for hydroxylation is 1. The average Bonchev–Trinajstić information content (AvgIpc) is 2.76. The van der Waals surface area contributed by atoms with E-state index in [1.54, 1.807) is 11.0 Å². The van der Waals surface area contributed by atoms with Gasteiger partial charge in [0.05, 0.1) is 13.1 Å². The number of anilines is 2. The average molecular weight is 444 g/mol. The van der Waals surface area contributed by atoms with E-state index in [1.165, 1.54) is 0 Å². The van der Waals surface area contributed by atoms with Crippen molar-refractivity contribution in [2.24, 2.45) is 0 Å². The van der Waals surface area contributed by atoms with Crippen molar-refractivity contribution in [1.82, 2.24) is 15.5 Å². The summed E-state index contributed by atoms with van der Waals surface area (Å²) >= 11 is 6.04. The summed E-state index contributed by atoms with van der Waals surface area (Å²) < 4.78 is 0. The van der Waals surface area contributed by atoms with Gasteiger partial charge >= 0.3 is 6.03 Å². The third-order valence-corrected chi connectivity index (χ3v) is 5.16. The monoisotopic (exact) mass is 443 g/mol. The third kappa shape index (κ3) is 6.89. The lowest BCUT2D eigenvalue weighted by Crippen LogP contribution is -2.51. The Morgan fingerprint density at radius 3 is 2.39 bits per heavy atom. The maximum absolute atomic E-state index is 12.4. The minimum absolute atomic E-state index is 0.100. The highest BCUT2D eigenvalue weighted by Gasteiger charge is 2.21. The Kier molecular flexibility index (Phi) is 7.72. The fraction of sp³-hybridized carbons (Fsp3) is 0.318. The first kappa shape index (κ1) is 22.4. The Labute approximate surface area is 186 Å². The number of benzene rings is 2. The number of piperazine rings is 1. The molecule has 8 nitrogen and oxygen atoms in total. The second-order valence-corrected chi connectivity index (χ2v) is 7.74. The molecular formula is C22H26ClN5O3. The van der Waals surface area contributed by atoms with Crippen molar-refractivity contribution >= 4 is 40.8 Å². The molecule has 0 aliphatic carbocycles. The lowest BCUT2D eigenvalue weighted by atomic mass is 10.2. The number of halogens is 1. The number of urea groups is 1. The molecule has 1 saturated heterocycles. The fourth-order valence-corrected chi connectivity index (χ4v) is 3.48. The molecule has 0 saturated carbocycles.